The van der Waals surface area contributed by atoms with Crippen molar-refractivity contribution in [1.82, 2.24) is 0 Å². The number of hydrogen-bond acceptors (Lipinski definition) is 2. The second-order valence-corrected chi connectivity index (χ2v) is 17.2. The number of nitrogens with zero attached hydrogens (tertiary/aromatic N) is 1. The molecule has 0 amide bonds. The molecule has 62 heavy (non-hydrogen) atoms. The first-order valence-electron chi connectivity index (χ1n) is 21.2. The molecule has 0 aliphatic carbocycles. The Bertz CT molecular complexity index is 3630. The standard InChI is InChI=1S/C60H39NS/c1-3-17-53-42(10-1)12-9-20-55(53)48-15-7-13-44(36-48)45-14-8-16-52(38-45)61(51-32-26-41(27-33-51)47-29-35-60-58(39-47)57-19-5-6-21-59(57)62-60)50-30-24-40(25-31-50)46-28-34-56-49(37-46)23-22-43-11-2-4-18-54(43)56/h1-39H. The van der Waals surface area contributed by atoms with Gasteiger partial charge in [-0.25, -0.2) is 0 Å². The van der Waals surface area contributed by atoms with Crippen LogP contribution in [0.3, 0.4) is 0 Å². The van der Waals surface area contributed by atoms with Gasteiger partial charge in [0.25, 0.3) is 0 Å². The van der Waals surface area contributed by atoms with Crippen LogP contribution in [0.2, 0.25) is 0 Å². The van der Waals surface area contributed by atoms with Crippen molar-refractivity contribution in [3.63, 3.8) is 0 Å². The molecular weight excluding hydrogens is 767 g/mol. The predicted octanol–water partition coefficient (Wildman–Crippen LogP) is 17.7. The zero-order valence-electron chi connectivity index (χ0n) is 33.9. The third-order valence-electron chi connectivity index (χ3n) is 12.4. The first-order chi connectivity index (χ1) is 30.7. The summed E-state index contributed by atoms with van der Waals surface area (Å²) in [5, 5.41) is 10.2. The predicted molar refractivity (Wildman–Crippen MR) is 268 cm³/mol. The highest BCUT2D eigenvalue weighted by Gasteiger charge is 2.16. The lowest BCUT2D eigenvalue weighted by molar-refractivity contribution is 1.28. The van der Waals surface area contributed by atoms with Crippen LogP contribution < -0.4 is 4.90 Å². The maximum atomic E-state index is 2.38. The zero-order valence-corrected chi connectivity index (χ0v) is 34.7. The Kier molecular flexibility index (Phi) is 8.76. The molecule has 12 rings (SSSR count). The van der Waals surface area contributed by atoms with E-state index in [0.29, 0.717) is 0 Å². The summed E-state index contributed by atoms with van der Waals surface area (Å²) in [5.41, 5.74) is 12.9. The third kappa shape index (κ3) is 6.41. The highest BCUT2D eigenvalue weighted by Crippen LogP contribution is 2.41. The van der Waals surface area contributed by atoms with Crippen LogP contribution in [-0.2, 0) is 0 Å². The second kappa shape index (κ2) is 15.0. The molecule has 0 bridgehead atoms. The van der Waals surface area contributed by atoms with Crippen LogP contribution in [0.1, 0.15) is 0 Å². The molecule has 1 nitrogen and oxygen atoms in total. The van der Waals surface area contributed by atoms with Crippen molar-refractivity contribution in [2.24, 2.45) is 0 Å². The van der Waals surface area contributed by atoms with Gasteiger partial charge in [0, 0.05) is 37.2 Å². The van der Waals surface area contributed by atoms with Crippen molar-refractivity contribution in [2.45, 2.75) is 0 Å². The molecule has 12 aromatic rings. The first kappa shape index (κ1) is 36.1. The van der Waals surface area contributed by atoms with Gasteiger partial charge in [-0.1, -0.05) is 170 Å². The summed E-state index contributed by atoms with van der Waals surface area (Å²) < 4.78 is 2.65. The van der Waals surface area contributed by atoms with Crippen molar-refractivity contribution >= 4 is 80.9 Å². The monoisotopic (exact) mass is 805 g/mol. The average molecular weight is 806 g/mol. The van der Waals surface area contributed by atoms with Crippen LogP contribution in [0, 0.1) is 0 Å². The SMILES string of the molecule is c1cc(-c2cccc(N(c3ccc(-c4ccc5c(ccc6ccccc65)c4)cc3)c3ccc(-c4ccc5sc6ccccc6c5c4)cc3)c2)cc(-c2cccc3ccccc23)c1. The van der Waals surface area contributed by atoms with Gasteiger partial charge in [-0.2, -0.15) is 0 Å². The van der Waals surface area contributed by atoms with Gasteiger partial charge in [0.2, 0.25) is 0 Å². The molecule has 290 valence electrons. The van der Waals surface area contributed by atoms with Gasteiger partial charge in [-0.15, -0.1) is 11.3 Å². The van der Waals surface area contributed by atoms with Gasteiger partial charge >= 0.3 is 0 Å². The van der Waals surface area contributed by atoms with Gasteiger partial charge in [0.1, 0.15) is 0 Å². The van der Waals surface area contributed by atoms with Gasteiger partial charge < -0.3 is 4.90 Å². The van der Waals surface area contributed by atoms with Crippen molar-refractivity contribution in [1.29, 1.82) is 0 Å². The number of fused-ring (bicyclic) bond motifs is 7. The van der Waals surface area contributed by atoms with Gasteiger partial charge in [0.05, 0.1) is 0 Å². The van der Waals surface area contributed by atoms with Crippen LogP contribution in [-0.4, -0.2) is 0 Å². The summed E-state index contributed by atoms with van der Waals surface area (Å²) in [7, 11) is 0. The van der Waals surface area contributed by atoms with E-state index in [1.54, 1.807) is 0 Å². The first-order valence-corrected chi connectivity index (χ1v) is 22.0. The summed E-state index contributed by atoms with van der Waals surface area (Å²) >= 11 is 1.86. The third-order valence-corrected chi connectivity index (χ3v) is 13.6. The molecule has 1 heterocycles. The Hall–Kier alpha value is -7.78. The molecular formula is C60H39NS. The summed E-state index contributed by atoms with van der Waals surface area (Å²) in [6.45, 7) is 0. The van der Waals surface area contributed by atoms with Gasteiger partial charge in [-0.3, -0.25) is 0 Å². The molecule has 2 heteroatoms. The lowest BCUT2D eigenvalue weighted by atomic mass is 9.95. The molecule has 0 aliphatic heterocycles. The van der Waals surface area contributed by atoms with Crippen molar-refractivity contribution < 1.29 is 0 Å². The van der Waals surface area contributed by atoms with E-state index in [-0.39, 0.29) is 0 Å². The van der Waals surface area contributed by atoms with Crippen molar-refractivity contribution in [3.05, 3.63) is 237 Å². The number of thiophene rings is 1. The van der Waals surface area contributed by atoms with E-state index in [1.165, 1.54) is 97.0 Å². The average Bonchev–Trinajstić information content (AvgIpc) is 3.72. The van der Waals surface area contributed by atoms with E-state index in [9.17, 15) is 0 Å². The van der Waals surface area contributed by atoms with Crippen LogP contribution in [0.25, 0.3) is 97.0 Å². The van der Waals surface area contributed by atoms with Crippen LogP contribution in [0.5, 0.6) is 0 Å². The molecule has 0 saturated carbocycles. The Balaban J connectivity index is 0.934. The van der Waals surface area contributed by atoms with Gasteiger partial charge in [-0.05, 0) is 144 Å². The fourth-order valence-corrected chi connectivity index (χ4v) is 10.4. The lowest BCUT2D eigenvalue weighted by Gasteiger charge is -2.26. The van der Waals surface area contributed by atoms with E-state index < -0.39 is 0 Å². The second-order valence-electron chi connectivity index (χ2n) is 16.1. The smallest absolute Gasteiger partial charge is 0.0467 e. The molecule has 0 N–H and O–H groups in total. The van der Waals surface area contributed by atoms with Crippen molar-refractivity contribution in [3.8, 4) is 44.5 Å². The Morgan fingerprint density at radius 1 is 0.242 bits per heavy atom. The van der Waals surface area contributed by atoms with Crippen LogP contribution in [0.4, 0.5) is 17.1 Å². The molecule has 0 fully saturated rings. The molecule has 0 atom stereocenters. The molecule has 0 aliphatic rings. The van der Waals surface area contributed by atoms with Crippen LogP contribution >= 0.6 is 11.3 Å². The fourth-order valence-electron chi connectivity index (χ4n) is 9.32. The minimum atomic E-state index is 1.10. The highest BCUT2D eigenvalue weighted by molar-refractivity contribution is 7.25. The molecule has 0 saturated heterocycles. The van der Waals surface area contributed by atoms with Gasteiger partial charge in [0.15, 0.2) is 0 Å². The number of anilines is 3. The van der Waals surface area contributed by atoms with E-state index in [0.717, 1.165) is 17.1 Å². The van der Waals surface area contributed by atoms with E-state index >= 15 is 0 Å². The molecule has 0 radical (unpaired) electrons. The summed E-state index contributed by atoms with van der Waals surface area (Å²) in [5.74, 6) is 0. The topological polar surface area (TPSA) is 3.24 Å². The minimum absolute atomic E-state index is 1.10. The quantitative estimate of drug-likeness (QED) is 0.145. The summed E-state index contributed by atoms with van der Waals surface area (Å²) in [6.07, 6.45) is 0. The van der Waals surface area contributed by atoms with E-state index in [1.807, 2.05) is 11.3 Å². The van der Waals surface area contributed by atoms with E-state index in [2.05, 4.69) is 241 Å². The largest absolute Gasteiger partial charge is 0.310 e. The number of hydrogen-bond donors (Lipinski definition) is 0. The Morgan fingerprint density at radius 3 is 1.55 bits per heavy atom. The summed E-state index contributed by atoms with van der Waals surface area (Å²) in [4.78, 5) is 2.38. The maximum Gasteiger partial charge on any atom is 0.0467 e. The van der Waals surface area contributed by atoms with E-state index in [4.69, 9.17) is 0 Å². The molecule has 0 unspecified atom stereocenters. The molecule has 11 aromatic carbocycles. The normalized spacial score (nSPS) is 11.5. The van der Waals surface area contributed by atoms with Crippen LogP contribution in [0.15, 0.2) is 237 Å². The molecule has 1 aromatic heterocycles. The highest BCUT2D eigenvalue weighted by atomic mass is 32.1. The number of benzene rings is 11. The summed E-state index contributed by atoms with van der Waals surface area (Å²) in [6, 6.07) is 86.8. The van der Waals surface area contributed by atoms with Crippen molar-refractivity contribution in [2.75, 3.05) is 4.90 Å². The Labute approximate surface area is 365 Å². The minimum Gasteiger partial charge on any atom is -0.310 e. The Morgan fingerprint density at radius 2 is 0.758 bits per heavy atom. The molecule has 0 spiro atoms. The lowest BCUT2D eigenvalue weighted by Crippen LogP contribution is -2.10. The fraction of sp³-hybridized carbons (Fsp3) is 0. The zero-order chi connectivity index (χ0) is 41.0. The maximum absolute atomic E-state index is 2.38. The number of rotatable bonds is 7.